The van der Waals surface area contributed by atoms with Gasteiger partial charge in [0.2, 0.25) is 0 Å². The molecule has 0 radical (unpaired) electrons. The van der Waals surface area contributed by atoms with Crippen molar-refractivity contribution in [3.05, 3.63) is 22.7 Å². The van der Waals surface area contributed by atoms with Gasteiger partial charge in [-0.1, -0.05) is 11.6 Å². The molecule has 136 valence electrons. The van der Waals surface area contributed by atoms with Crippen molar-refractivity contribution in [3.8, 4) is 11.5 Å². The van der Waals surface area contributed by atoms with Gasteiger partial charge in [0.15, 0.2) is 18.1 Å². The van der Waals surface area contributed by atoms with Gasteiger partial charge >= 0.3 is 0 Å². The Morgan fingerprint density at radius 1 is 1.29 bits per heavy atom. The van der Waals surface area contributed by atoms with Gasteiger partial charge in [-0.2, -0.15) is 0 Å². The number of nitrogens with one attached hydrogen (secondary N) is 2. The van der Waals surface area contributed by atoms with Crippen molar-refractivity contribution < 1.29 is 19.4 Å². The Bertz CT molecular complexity index is 544. The molecule has 0 aliphatic heterocycles. The zero-order valence-electron chi connectivity index (χ0n) is 14.7. The van der Waals surface area contributed by atoms with Crippen molar-refractivity contribution in [1.29, 1.82) is 0 Å². The van der Waals surface area contributed by atoms with E-state index in [1.165, 1.54) is 0 Å². The van der Waals surface area contributed by atoms with Crippen LogP contribution in [0.1, 0.15) is 33.3 Å². The molecule has 0 saturated carbocycles. The summed E-state index contributed by atoms with van der Waals surface area (Å²) >= 11 is 6.29. The van der Waals surface area contributed by atoms with Crippen LogP contribution in [0.2, 0.25) is 5.02 Å². The molecule has 0 heterocycles. The van der Waals surface area contributed by atoms with Crippen molar-refractivity contribution in [2.45, 2.75) is 39.8 Å². The van der Waals surface area contributed by atoms with Gasteiger partial charge in [0.05, 0.1) is 18.2 Å². The van der Waals surface area contributed by atoms with E-state index >= 15 is 0 Å². The van der Waals surface area contributed by atoms with E-state index in [1.807, 2.05) is 33.8 Å². The van der Waals surface area contributed by atoms with Crippen LogP contribution in [-0.4, -0.2) is 42.9 Å². The summed E-state index contributed by atoms with van der Waals surface area (Å²) in [5.41, 5.74) is 0.582. The number of aliphatic hydroxyl groups excluding tert-OH is 1. The molecular weight excluding hydrogens is 332 g/mol. The quantitative estimate of drug-likeness (QED) is 0.589. The molecule has 1 rings (SSSR count). The number of carbonyl (C=O) groups is 1. The number of hydrogen-bond acceptors (Lipinski definition) is 5. The molecule has 24 heavy (non-hydrogen) atoms. The maximum atomic E-state index is 11.9. The summed E-state index contributed by atoms with van der Waals surface area (Å²) in [6, 6.07) is 3.57. The van der Waals surface area contributed by atoms with Gasteiger partial charge in [-0.05, 0) is 45.4 Å². The largest absolute Gasteiger partial charge is 0.490 e. The summed E-state index contributed by atoms with van der Waals surface area (Å²) in [7, 11) is 0. The second-order valence-corrected chi connectivity index (χ2v) is 6.73. The Morgan fingerprint density at radius 2 is 2.00 bits per heavy atom. The number of hydrogen-bond donors (Lipinski definition) is 3. The summed E-state index contributed by atoms with van der Waals surface area (Å²) in [6.45, 7) is 8.98. The first-order valence-electron chi connectivity index (χ1n) is 7.97. The third-order valence-corrected chi connectivity index (χ3v) is 3.13. The molecule has 0 aromatic heterocycles. The molecule has 6 nitrogen and oxygen atoms in total. The Hall–Kier alpha value is -1.50. The Balaban J connectivity index is 2.82. The lowest BCUT2D eigenvalue weighted by molar-refractivity contribution is -0.124. The van der Waals surface area contributed by atoms with Gasteiger partial charge in [-0.3, -0.25) is 4.79 Å². The normalized spacial score (nSPS) is 11.2. The van der Waals surface area contributed by atoms with Crippen molar-refractivity contribution in [2.75, 3.05) is 26.4 Å². The maximum Gasteiger partial charge on any atom is 0.258 e. The third kappa shape index (κ3) is 7.38. The second kappa shape index (κ2) is 9.71. The molecule has 1 aromatic carbocycles. The SMILES string of the molecule is CCOc1cc(CNCCO)cc(Cl)c1OCC(=O)NC(C)(C)C. The lowest BCUT2D eigenvalue weighted by Gasteiger charge is -2.21. The van der Waals surface area contributed by atoms with Crippen molar-refractivity contribution in [3.63, 3.8) is 0 Å². The van der Waals surface area contributed by atoms with E-state index in [2.05, 4.69) is 10.6 Å². The number of rotatable bonds is 9. The summed E-state index contributed by atoms with van der Waals surface area (Å²) in [5.74, 6) is 0.623. The molecule has 0 saturated heterocycles. The summed E-state index contributed by atoms with van der Waals surface area (Å²) < 4.78 is 11.2. The number of amides is 1. The molecule has 0 bridgehead atoms. The second-order valence-electron chi connectivity index (χ2n) is 6.33. The highest BCUT2D eigenvalue weighted by molar-refractivity contribution is 6.32. The van der Waals surface area contributed by atoms with Crippen LogP contribution in [-0.2, 0) is 11.3 Å². The molecular formula is C17H27ClN2O4. The van der Waals surface area contributed by atoms with Crippen LogP contribution in [0, 0.1) is 0 Å². The van der Waals surface area contributed by atoms with Crippen LogP contribution in [0.25, 0.3) is 0 Å². The first-order valence-corrected chi connectivity index (χ1v) is 8.35. The number of ether oxygens (including phenoxy) is 2. The van der Waals surface area contributed by atoms with Crippen molar-refractivity contribution >= 4 is 17.5 Å². The molecule has 7 heteroatoms. The number of carbonyl (C=O) groups excluding carboxylic acids is 1. The van der Waals surface area contributed by atoms with E-state index in [9.17, 15) is 4.79 Å². The fourth-order valence-electron chi connectivity index (χ4n) is 2.03. The van der Waals surface area contributed by atoms with Gasteiger partial charge in [0.25, 0.3) is 5.91 Å². The molecule has 0 aliphatic carbocycles. The average molecular weight is 359 g/mol. The minimum absolute atomic E-state index is 0.0656. The maximum absolute atomic E-state index is 11.9. The van der Waals surface area contributed by atoms with Crippen LogP contribution < -0.4 is 20.1 Å². The predicted octanol–water partition coefficient (Wildman–Crippen LogP) is 2.11. The van der Waals surface area contributed by atoms with Gasteiger partial charge in [-0.25, -0.2) is 0 Å². The van der Waals surface area contributed by atoms with E-state index in [-0.39, 0.29) is 24.7 Å². The molecule has 0 atom stereocenters. The first kappa shape index (κ1) is 20.5. The highest BCUT2D eigenvalue weighted by Gasteiger charge is 2.17. The first-order chi connectivity index (χ1) is 11.3. The fraction of sp³-hybridized carbons (Fsp3) is 0.588. The lowest BCUT2D eigenvalue weighted by Crippen LogP contribution is -2.43. The predicted molar refractivity (Wildman–Crippen MR) is 94.8 cm³/mol. The van der Waals surface area contributed by atoms with E-state index in [0.717, 1.165) is 5.56 Å². The van der Waals surface area contributed by atoms with Crippen LogP contribution in [0.5, 0.6) is 11.5 Å². The van der Waals surface area contributed by atoms with Crippen LogP contribution in [0.3, 0.4) is 0 Å². The molecule has 0 spiro atoms. The number of halogens is 1. The Kier molecular flexibility index (Phi) is 8.31. The van der Waals surface area contributed by atoms with Crippen molar-refractivity contribution in [2.24, 2.45) is 0 Å². The third-order valence-electron chi connectivity index (χ3n) is 2.85. The van der Waals surface area contributed by atoms with E-state index in [1.54, 1.807) is 6.07 Å². The molecule has 1 amide bonds. The topological polar surface area (TPSA) is 79.8 Å². The molecule has 0 unspecified atom stereocenters. The van der Waals surface area contributed by atoms with E-state index in [0.29, 0.717) is 36.2 Å². The standard InChI is InChI=1S/C17H27ClN2O4/c1-5-23-14-9-12(10-19-6-7-21)8-13(18)16(14)24-11-15(22)20-17(2,3)4/h8-9,19,21H,5-7,10-11H2,1-4H3,(H,20,22). The fourth-order valence-corrected chi connectivity index (χ4v) is 2.32. The Labute approximate surface area is 148 Å². The van der Waals surface area contributed by atoms with Crippen LogP contribution >= 0.6 is 11.6 Å². The number of aliphatic hydroxyl groups is 1. The minimum Gasteiger partial charge on any atom is -0.490 e. The average Bonchev–Trinajstić information content (AvgIpc) is 2.45. The number of benzene rings is 1. The highest BCUT2D eigenvalue weighted by Crippen LogP contribution is 2.36. The highest BCUT2D eigenvalue weighted by atomic mass is 35.5. The molecule has 1 aromatic rings. The smallest absolute Gasteiger partial charge is 0.258 e. The molecule has 0 aliphatic rings. The van der Waals surface area contributed by atoms with Gasteiger partial charge in [-0.15, -0.1) is 0 Å². The molecule has 3 N–H and O–H groups in total. The summed E-state index contributed by atoms with van der Waals surface area (Å²) in [4.78, 5) is 11.9. The monoisotopic (exact) mass is 358 g/mol. The van der Waals surface area contributed by atoms with Gasteiger partial charge in [0.1, 0.15) is 0 Å². The van der Waals surface area contributed by atoms with Crippen LogP contribution in [0.15, 0.2) is 12.1 Å². The van der Waals surface area contributed by atoms with E-state index in [4.69, 9.17) is 26.2 Å². The summed E-state index contributed by atoms with van der Waals surface area (Å²) in [5, 5.41) is 15.1. The van der Waals surface area contributed by atoms with Crippen LogP contribution in [0.4, 0.5) is 0 Å². The lowest BCUT2D eigenvalue weighted by atomic mass is 10.1. The van der Waals surface area contributed by atoms with Gasteiger partial charge in [0, 0.05) is 18.6 Å². The van der Waals surface area contributed by atoms with Crippen molar-refractivity contribution in [1.82, 2.24) is 10.6 Å². The zero-order valence-corrected chi connectivity index (χ0v) is 15.5. The van der Waals surface area contributed by atoms with E-state index < -0.39 is 0 Å². The Morgan fingerprint density at radius 3 is 2.58 bits per heavy atom. The summed E-state index contributed by atoms with van der Waals surface area (Å²) in [6.07, 6.45) is 0. The minimum atomic E-state index is -0.324. The van der Waals surface area contributed by atoms with Gasteiger partial charge < -0.3 is 25.2 Å². The molecule has 0 fully saturated rings. The zero-order chi connectivity index (χ0) is 18.2.